The molecule has 0 bridgehead atoms. The van der Waals surface area contributed by atoms with Gasteiger partial charge in [-0.2, -0.15) is 0 Å². The Morgan fingerprint density at radius 2 is 1.86 bits per heavy atom. The number of nitrogens with zero attached hydrogens (tertiary/aromatic N) is 1. The van der Waals surface area contributed by atoms with Gasteiger partial charge in [0, 0.05) is 24.9 Å². The first kappa shape index (κ1) is 21.1. The van der Waals surface area contributed by atoms with Crippen LogP contribution in [0.1, 0.15) is 67.1 Å². The van der Waals surface area contributed by atoms with Crippen LogP contribution in [0.2, 0.25) is 0 Å². The SMILES string of the molecule is COc1cccc(C2CCCN2C(=O)CCC(=O)c2ccc(CC(C)C)cc2)c1. The summed E-state index contributed by atoms with van der Waals surface area (Å²) in [6.07, 6.45) is 3.45. The Kier molecular flexibility index (Phi) is 7.08. The summed E-state index contributed by atoms with van der Waals surface area (Å²) in [7, 11) is 1.65. The monoisotopic (exact) mass is 393 g/mol. The molecule has 0 radical (unpaired) electrons. The van der Waals surface area contributed by atoms with Gasteiger partial charge in [0.25, 0.3) is 0 Å². The normalized spacial score (nSPS) is 16.3. The summed E-state index contributed by atoms with van der Waals surface area (Å²) < 4.78 is 5.32. The van der Waals surface area contributed by atoms with Crippen molar-refractivity contribution >= 4 is 11.7 Å². The van der Waals surface area contributed by atoms with Crippen LogP contribution in [0.4, 0.5) is 0 Å². The molecule has 4 heteroatoms. The van der Waals surface area contributed by atoms with Gasteiger partial charge in [-0.3, -0.25) is 9.59 Å². The molecule has 2 aromatic rings. The molecule has 0 aromatic heterocycles. The summed E-state index contributed by atoms with van der Waals surface area (Å²) in [4.78, 5) is 27.3. The van der Waals surface area contributed by atoms with Crippen LogP contribution < -0.4 is 4.74 Å². The highest BCUT2D eigenvalue weighted by atomic mass is 16.5. The van der Waals surface area contributed by atoms with E-state index in [-0.39, 0.29) is 30.6 Å². The summed E-state index contributed by atoms with van der Waals surface area (Å²) in [6.45, 7) is 5.11. The highest BCUT2D eigenvalue weighted by Crippen LogP contribution is 2.34. The first-order valence-corrected chi connectivity index (χ1v) is 10.5. The minimum atomic E-state index is 0.0339. The van der Waals surface area contributed by atoms with E-state index in [9.17, 15) is 9.59 Å². The van der Waals surface area contributed by atoms with Crippen molar-refractivity contribution in [1.82, 2.24) is 4.90 Å². The zero-order chi connectivity index (χ0) is 20.8. The molecule has 2 aromatic carbocycles. The molecule has 1 heterocycles. The molecule has 0 aliphatic carbocycles. The number of methoxy groups -OCH3 is 1. The van der Waals surface area contributed by atoms with Crippen molar-refractivity contribution in [2.45, 2.75) is 52.0 Å². The molecule has 3 rings (SSSR count). The standard InChI is InChI=1S/C25H31NO3/c1-18(2)16-19-9-11-20(12-10-19)24(27)13-14-25(28)26-15-5-8-23(26)21-6-4-7-22(17-21)29-3/h4,6-7,9-12,17-18,23H,5,8,13-16H2,1-3H3. The van der Waals surface area contributed by atoms with Crippen LogP contribution in [0.15, 0.2) is 48.5 Å². The Balaban J connectivity index is 1.58. The molecular formula is C25H31NO3. The molecule has 4 nitrogen and oxygen atoms in total. The zero-order valence-electron chi connectivity index (χ0n) is 17.7. The first-order valence-electron chi connectivity index (χ1n) is 10.5. The van der Waals surface area contributed by atoms with Crippen LogP contribution in [0.3, 0.4) is 0 Å². The van der Waals surface area contributed by atoms with Gasteiger partial charge in [0.1, 0.15) is 5.75 Å². The van der Waals surface area contributed by atoms with E-state index < -0.39 is 0 Å². The number of likely N-dealkylation sites (tertiary alicyclic amines) is 1. The Morgan fingerprint density at radius 3 is 2.55 bits per heavy atom. The third-order valence-corrected chi connectivity index (χ3v) is 5.54. The third kappa shape index (κ3) is 5.47. The van der Waals surface area contributed by atoms with Crippen molar-refractivity contribution in [3.05, 3.63) is 65.2 Å². The maximum absolute atomic E-state index is 12.8. The fourth-order valence-corrected chi connectivity index (χ4v) is 4.07. The molecule has 1 unspecified atom stereocenters. The highest BCUT2D eigenvalue weighted by molar-refractivity contribution is 5.98. The maximum atomic E-state index is 12.8. The Morgan fingerprint density at radius 1 is 1.10 bits per heavy atom. The minimum Gasteiger partial charge on any atom is -0.497 e. The van der Waals surface area contributed by atoms with E-state index in [1.54, 1.807) is 7.11 Å². The van der Waals surface area contributed by atoms with Crippen molar-refractivity contribution in [2.24, 2.45) is 5.92 Å². The molecule has 154 valence electrons. The van der Waals surface area contributed by atoms with Gasteiger partial charge in [0.2, 0.25) is 5.91 Å². The molecule has 1 saturated heterocycles. The number of hydrogen-bond acceptors (Lipinski definition) is 3. The number of benzene rings is 2. The average molecular weight is 394 g/mol. The molecule has 0 saturated carbocycles. The Labute approximate surface area is 173 Å². The topological polar surface area (TPSA) is 46.6 Å². The molecule has 1 amide bonds. The van der Waals surface area contributed by atoms with Gasteiger partial charge in [-0.05, 0) is 48.4 Å². The number of Topliss-reactive ketones (excluding diaryl/α,β-unsaturated/α-hetero) is 1. The summed E-state index contributed by atoms with van der Waals surface area (Å²) in [5, 5.41) is 0. The number of ether oxygens (including phenoxy) is 1. The molecule has 0 N–H and O–H groups in total. The molecule has 1 aliphatic rings. The van der Waals surface area contributed by atoms with E-state index in [0.717, 1.165) is 37.1 Å². The molecule has 1 atom stereocenters. The second-order valence-electron chi connectivity index (χ2n) is 8.24. The van der Waals surface area contributed by atoms with E-state index in [1.807, 2.05) is 53.4 Å². The molecular weight excluding hydrogens is 362 g/mol. The van der Waals surface area contributed by atoms with Gasteiger partial charge in [0.15, 0.2) is 5.78 Å². The van der Waals surface area contributed by atoms with E-state index in [1.165, 1.54) is 5.56 Å². The predicted molar refractivity (Wildman–Crippen MR) is 115 cm³/mol. The second kappa shape index (κ2) is 9.73. The van der Waals surface area contributed by atoms with E-state index >= 15 is 0 Å². The molecule has 1 aliphatic heterocycles. The minimum absolute atomic E-state index is 0.0339. The van der Waals surface area contributed by atoms with Crippen LogP contribution in [0.25, 0.3) is 0 Å². The lowest BCUT2D eigenvalue weighted by atomic mass is 9.99. The van der Waals surface area contributed by atoms with Crippen molar-refractivity contribution in [1.29, 1.82) is 0 Å². The lowest BCUT2D eigenvalue weighted by Crippen LogP contribution is -2.30. The number of carbonyl (C=O) groups excluding carboxylic acids is 2. The second-order valence-corrected chi connectivity index (χ2v) is 8.24. The largest absolute Gasteiger partial charge is 0.497 e. The summed E-state index contributed by atoms with van der Waals surface area (Å²) in [6, 6.07) is 15.8. The molecule has 0 spiro atoms. The van der Waals surface area contributed by atoms with E-state index in [0.29, 0.717) is 11.5 Å². The van der Waals surface area contributed by atoms with Crippen LogP contribution >= 0.6 is 0 Å². The smallest absolute Gasteiger partial charge is 0.223 e. The van der Waals surface area contributed by atoms with Crippen LogP contribution in [-0.4, -0.2) is 30.2 Å². The van der Waals surface area contributed by atoms with Gasteiger partial charge in [-0.15, -0.1) is 0 Å². The average Bonchev–Trinajstić information content (AvgIpc) is 3.22. The van der Waals surface area contributed by atoms with Crippen molar-refractivity contribution in [3.8, 4) is 5.75 Å². The van der Waals surface area contributed by atoms with Gasteiger partial charge in [0.05, 0.1) is 13.2 Å². The highest BCUT2D eigenvalue weighted by Gasteiger charge is 2.30. The van der Waals surface area contributed by atoms with Crippen LogP contribution in [0, 0.1) is 5.92 Å². The summed E-state index contributed by atoms with van der Waals surface area (Å²) >= 11 is 0. The number of ketones is 1. The first-order chi connectivity index (χ1) is 14.0. The lowest BCUT2D eigenvalue weighted by Gasteiger charge is -2.25. The van der Waals surface area contributed by atoms with Gasteiger partial charge in [-0.25, -0.2) is 0 Å². The van der Waals surface area contributed by atoms with Crippen molar-refractivity contribution in [3.63, 3.8) is 0 Å². The van der Waals surface area contributed by atoms with Crippen LogP contribution in [0.5, 0.6) is 5.75 Å². The molecule has 29 heavy (non-hydrogen) atoms. The molecule has 1 fully saturated rings. The number of hydrogen-bond donors (Lipinski definition) is 0. The number of rotatable bonds is 8. The Bertz CT molecular complexity index is 841. The number of carbonyl (C=O) groups is 2. The maximum Gasteiger partial charge on any atom is 0.223 e. The third-order valence-electron chi connectivity index (χ3n) is 5.54. The van der Waals surface area contributed by atoms with E-state index in [2.05, 4.69) is 13.8 Å². The van der Waals surface area contributed by atoms with E-state index in [4.69, 9.17) is 4.74 Å². The van der Waals surface area contributed by atoms with Crippen molar-refractivity contribution in [2.75, 3.05) is 13.7 Å². The van der Waals surface area contributed by atoms with Gasteiger partial charge in [-0.1, -0.05) is 50.2 Å². The van der Waals surface area contributed by atoms with Crippen molar-refractivity contribution < 1.29 is 14.3 Å². The fraction of sp³-hybridized carbons (Fsp3) is 0.440. The quantitative estimate of drug-likeness (QED) is 0.578. The lowest BCUT2D eigenvalue weighted by molar-refractivity contribution is -0.132. The van der Waals surface area contributed by atoms with Crippen LogP contribution in [-0.2, 0) is 11.2 Å². The Hall–Kier alpha value is -2.62. The number of amides is 1. The van der Waals surface area contributed by atoms with Gasteiger partial charge < -0.3 is 9.64 Å². The zero-order valence-corrected chi connectivity index (χ0v) is 17.7. The summed E-state index contributed by atoms with van der Waals surface area (Å²) in [5.74, 6) is 1.48. The fourth-order valence-electron chi connectivity index (χ4n) is 4.07. The van der Waals surface area contributed by atoms with Gasteiger partial charge >= 0.3 is 0 Å². The summed E-state index contributed by atoms with van der Waals surface area (Å²) in [5.41, 5.74) is 3.03. The predicted octanol–water partition coefficient (Wildman–Crippen LogP) is 5.22.